The number of piperazine rings is 1. The number of anilines is 1. The van der Waals surface area contributed by atoms with Crippen molar-refractivity contribution in [2.24, 2.45) is 0 Å². The van der Waals surface area contributed by atoms with Gasteiger partial charge < -0.3 is 5.32 Å². The Labute approximate surface area is 193 Å². The molecule has 1 fully saturated rings. The summed E-state index contributed by atoms with van der Waals surface area (Å²) in [7, 11) is 0. The lowest BCUT2D eigenvalue weighted by atomic mass is 10.1. The van der Waals surface area contributed by atoms with Gasteiger partial charge in [-0.25, -0.2) is 0 Å². The molecule has 4 aromatic rings. The lowest BCUT2D eigenvalue weighted by Crippen LogP contribution is -2.45. The van der Waals surface area contributed by atoms with E-state index in [0.29, 0.717) is 5.56 Å². The lowest BCUT2D eigenvalue weighted by molar-refractivity contribution is 0.102. The fourth-order valence-electron chi connectivity index (χ4n) is 4.24. The first-order chi connectivity index (χ1) is 16.1. The van der Waals surface area contributed by atoms with Crippen molar-refractivity contribution in [1.29, 1.82) is 0 Å². The van der Waals surface area contributed by atoms with Crippen LogP contribution in [0.5, 0.6) is 0 Å². The minimum atomic E-state index is -0.146. The third-order valence-corrected chi connectivity index (χ3v) is 6.17. The molecular formula is C26H28N6O. The Morgan fingerprint density at radius 1 is 0.818 bits per heavy atom. The van der Waals surface area contributed by atoms with E-state index in [-0.39, 0.29) is 5.91 Å². The van der Waals surface area contributed by atoms with Crippen molar-refractivity contribution in [3.05, 3.63) is 95.4 Å². The quantitative estimate of drug-likeness (QED) is 0.496. The molecule has 2 aromatic carbocycles. The summed E-state index contributed by atoms with van der Waals surface area (Å²) in [6.45, 7) is 8.11. The summed E-state index contributed by atoms with van der Waals surface area (Å²) >= 11 is 0. The maximum Gasteiger partial charge on any atom is 0.257 e. The van der Waals surface area contributed by atoms with Gasteiger partial charge in [0.1, 0.15) is 5.82 Å². The van der Waals surface area contributed by atoms with E-state index in [1.54, 1.807) is 18.3 Å². The molecule has 0 unspecified atom stereocenters. The fourth-order valence-corrected chi connectivity index (χ4v) is 4.24. The molecule has 1 aliphatic heterocycles. The zero-order valence-corrected chi connectivity index (χ0v) is 18.8. The average Bonchev–Trinajstić information content (AvgIpc) is 3.22. The molecule has 0 atom stereocenters. The highest BCUT2D eigenvalue weighted by atomic mass is 16.1. The van der Waals surface area contributed by atoms with Gasteiger partial charge in [0, 0.05) is 51.2 Å². The van der Waals surface area contributed by atoms with Gasteiger partial charge in [-0.05, 0) is 42.3 Å². The van der Waals surface area contributed by atoms with E-state index in [1.165, 1.54) is 11.1 Å². The first-order valence-electron chi connectivity index (χ1n) is 11.3. The van der Waals surface area contributed by atoms with Crippen LogP contribution in [0.25, 0.3) is 5.65 Å². The zero-order valence-electron chi connectivity index (χ0n) is 18.8. The van der Waals surface area contributed by atoms with Crippen LogP contribution in [0.2, 0.25) is 0 Å². The molecule has 1 saturated heterocycles. The normalized spacial score (nSPS) is 15.1. The molecule has 7 nitrogen and oxygen atoms in total. The summed E-state index contributed by atoms with van der Waals surface area (Å²) in [5, 5.41) is 11.1. The average molecular weight is 441 g/mol. The number of nitrogens with one attached hydrogen (secondary N) is 1. The van der Waals surface area contributed by atoms with Gasteiger partial charge in [0.2, 0.25) is 0 Å². The Hall–Kier alpha value is -3.55. The number of nitrogens with zero attached hydrogens (tertiary/aromatic N) is 5. The number of benzene rings is 2. The van der Waals surface area contributed by atoms with E-state index in [9.17, 15) is 4.79 Å². The second-order valence-electron chi connectivity index (χ2n) is 8.58. The Kier molecular flexibility index (Phi) is 6.15. The standard InChI is InChI=1S/C26H28N6O/c1-20-28-29-25-12-9-23(19-32(20)25)26(33)27-24-10-7-22(8-11-24)18-31-15-13-30(14-16-31)17-21-5-3-2-4-6-21/h2-12,19H,13-18H2,1H3,(H,27,33). The number of carbonyl (C=O) groups is 1. The number of carbonyl (C=O) groups excluding carboxylic acids is 1. The van der Waals surface area contributed by atoms with Crippen LogP contribution in [0.1, 0.15) is 27.3 Å². The number of aromatic nitrogens is 3. The molecule has 0 saturated carbocycles. The molecule has 5 rings (SSSR count). The molecule has 2 aromatic heterocycles. The summed E-state index contributed by atoms with van der Waals surface area (Å²) in [5.74, 6) is 0.609. The summed E-state index contributed by atoms with van der Waals surface area (Å²) in [4.78, 5) is 17.7. The van der Waals surface area contributed by atoms with Crippen molar-refractivity contribution in [1.82, 2.24) is 24.4 Å². The number of fused-ring (bicyclic) bond motifs is 1. The van der Waals surface area contributed by atoms with Gasteiger partial charge in [0.15, 0.2) is 5.65 Å². The van der Waals surface area contributed by atoms with Crippen molar-refractivity contribution in [2.45, 2.75) is 20.0 Å². The van der Waals surface area contributed by atoms with Crippen LogP contribution < -0.4 is 5.32 Å². The molecule has 0 aliphatic carbocycles. The van der Waals surface area contributed by atoms with Gasteiger partial charge in [-0.15, -0.1) is 10.2 Å². The molecule has 7 heteroatoms. The Morgan fingerprint density at radius 3 is 2.12 bits per heavy atom. The van der Waals surface area contributed by atoms with Gasteiger partial charge in [-0.2, -0.15) is 0 Å². The van der Waals surface area contributed by atoms with Gasteiger partial charge in [-0.3, -0.25) is 19.0 Å². The summed E-state index contributed by atoms with van der Waals surface area (Å²) in [5.41, 5.74) is 4.72. The number of hydrogen-bond donors (Lipinski definition) is 1. The van der Waals surface area contributed by atoms with E-state index >= 15 is 0 Å². The minimum Gasteiger partial charge on any atom is -0.322 e. The van der Waals surface area contributed by atoms with Crippen molar-refractivity contribution in [3.63, 3.8) is 0 Å². The van der Waals surface area contributed by atoms with Crippen LogP contribution in [0, 0.1) is 6.92 Å². The molecule has 1 N–H and O–H groups in total. The SMILES string of the molecule is Cc1nnc2ccc(C(=O)Nc3ccc(CN4CCN(Cc5ccccc5)CC4)cc3)cn12. The molecule has 3 heterocycles. The first-order valence-corrected chi connectivity index (χ1v) is 11.3. The predicted molar refractivity (Wildman–Crippen MR) is 129 cm³/mol. The van der Waals surface area contributed by atoms with E-state index < -0.39 is 0 Å². The van der Waals surface area contributed by atoms with Gasteiger partial charge >= 0.3 is 0 Å². The second-order valence-corrected chi connectivity index (χ2v) is 8.58. The fraction of sp³-hybridized carbons (Fsp3) is 0.269. The monoisotopic (exact) mass is 440 g/mol. The number of aryl methyl sites for hydroxylation is 1. The number of amides is 1. The maximum absolute atomic E-state index is 12.7. The van der Waals surface area contributed by atoms with Crippen LogP contribution in [0.3, 0.4) is 0 Å². The minimum absolute atomic E-state index is 0.146. The summed E-state index contributed by atoms with van der Waals surface area (Å²) in [6, 6.07) is 22.4. The van der Waals surface area contributed by atoms with E-state index in [4.69, 9.17) is 0 Å². The van der Waals surface area contributed by atoms with E-state index in [0.717, 1.165) is 56.4 Å². The molecule has 0 radical (unpaired) electrons. The predicted octanol–water partition coefficient (Wildman–Crippen LogP) is 3.61. The number of pyridine rings is 1. The van der Waals surface area contributed by atoms with Crippen LogP contribution in [0.4, 0.5) is 5.69 Å². The van der Waals surface area contributed by atoms with Crippen LogP contribution in [-0.2, 0) is 13.1 Å². The smallest absolute Gasteiger partial charge is 0.257 e. The highest BCUT2D eigenvalue weighted by Crippen LogP contribution is 2.16. The van der Waals surface area contributed by atoms with Crippen LogP contribution in [0.15, 0.2) is 72.9 Å². The summed E-state index contributed by atoms with van der Waals surface area (Å²) in [6.07, 6.45) is 1.77. The topological polar surface area (TPSA) is 65.8 Å². The van der Waals surface area contributed by atoms with E-state index in [1.807, 2.05) is 23.5 Å². The van der Waals surface area contributed by atoms with Crippen molar-refractivity contribution < 1.29 is 4.79 Å². The largest absolute Gasteiger partial charge is 0.322 e. The van der Waals surface area contributed by atoms with E-state index in [2.05, 4.69) is 67.8 Å². The number of rotatable bonds is 6. The molecule has 168 valence electrons. The summed E-state index contributed by atoms with van der Waals surface area (Å²) < 4.78 is 1.82. The highest BCUT2D eigenvalue weighted by molar-refractivity contribution is 6.04. The molecular weight excluding hydrogens is 412 g/mol. The zero-order chi connectivity index (χ0) is 22.6. The van der Waals surface area contributed by atoms with Crippen LogP contribution >= 0.6 is 0 Å². The highest BCUT2D eigenvalue weighted by Gasteiger charge is 2.17. The van der Waals surface area contributed by atoms with Gasteiger partial charge in [0.05, 0.1) is 5.56 Å². The third kappa shape index (κ3) is 5.10. The molecule has 1 aliphatic rings. The molecule has 0 bridgehead atoms. The third-order valence-electron chi connectivity index (χ3n) is 6.17. The second kappa shape index (κ2) is 9.52. The Bertz CT molecular complexity index is 1230. The maximum atomic E-state index is 12.7. The van der Waals surface area contributed by atoms with Crippen molar-refractivity contribution in [2.75, 3.05) is 31.5 Å². The van der Waals surface area contributed by atoms with Gasteiger partial charge in [-0.1, -0.05) is 42.5 Å². The molecule has 33 heavy (non-hydrogen) atoms. The number of hydrogen-bond acceptors (Lipinski definition) is 5. The van der Waals surface area contributed by atoms with Crippen LogP contribution in [-0.4, -0.2) is 56.5 Å². The Morgan fingerprint density at radius 2 is 1.45 bits per heavy atom. The first kappa shape index (κ1) is 21.3. The Balaban J connectivity index is 1.13. The van der Waals surface area contributed by atoms with Crippen molar-refractivity contribution in [3.8, 4) is 0 Å². The molecule has 1 amide bonds. The van der Waals surface area contributed by atoms with Gasteiger partial charge in [0.25, 0.3) is 5.91 Å². The van der Waals surface area contributed by atoms with Crippen molar-refractivity contribution >= 4 is 17.2 Å². The molecule has 0 spiro atoms. The lowest BCUT2D eigenvalue weighted by Gasteiger charge is -2.34.